The molecule has 0 aliphatic heterocycles. The molecule has 1 heterocycles. The fourth-order valence-electron chi connectivity index (χ4n) is 2.95. The third kappa shape index (κ3) is 4.41. The second kappa shape index (κ2) is 8.25. The first-order valence-corrected chi connectivity index (χ1v) is 8.92. The average Bonchev–Trinajstić information content (AvgIpc) is 3.00. The summed E-state index contributed by atoms with van der Waals surface area (Å²) in [6.07, 6.45) is -3.14. The maximum Gasteiger partial charge on any atom is 0.416 e. The Morgan fingerprint density at radius 3 is 2.47 bits per heavy atom. The molecule has 0 aliphatic rings. The zero-order valence-corrected chi connectivity index (χ0v) is 16.2. The molecule has 1 amide bonds. The Hall–Kier alpha value is -3.86. The van der Waals surface area contributed by atoms with E-state index in [1.807, 2.05) is 36.4 Å². The van der Waals surface area contributed by atoms with Gasteiger partial charge in [0.25, 0.3) is 5.91 Å². The van der Waals surface area contributed by atoms with Gasteiger partial charge in [0.15, 0.2) is 0 Å². The van der Waals surface area contributed by atoms with Crippen molar-refractivity contribution in [3.63, 3.8) is 0 Å². The fraction of sp³-hybridized carbons (Fsp3) is 0.136. The van der Waals surface area contributed by atoms with Gasteiger partial charge < -0.3 is 5.32 Å². The number of nitrogens with zero attached hydrogens (tertiary/aromatic N) is 3. The van der Waals surface area contributed by atoms with Gasteiger partial charge in [-0.05, 0) is 50.3 Å². The predicted molar refractivity (Wildman–Crippen MR) is 107 cm³/mol. The van der Waals surface area contributed by atoms with Crippen molar-refractivity contribution in [1.29, 1.82) is 5.26 Å². The summed E-state index contributed by atoms with van der Waals surface area (Å²) in [6.45, 7) is 3.55. The lowest BCUT2D eigenvalue weighted by molar-refractivity contribution is -0.137. The van der Waals surface area contributed by atoms with E-state index in [-0.39, 0.29) is 11.3 Å². The van der Waals surface area contributed by atoms with Gasteiger partial charge in [-0.1, -0.05) is 24.3 Å². The van der Waals surface area contributed by atoms with Crippen LogP contribution in [0.4, 0.5) is 18.9 Å². The van der Waals surface area contributed by atoms with E-state index in [2.05, 4.69) is 10.4 Å². The Bertz CT molecular complexity index is 1160. The number of nitriles is 1. The van der Waals surface area contributed by atoms with Crippen LogP contribution >= 0.6 is 0 Å². The van der Waals surface area contributed by atoms with Gasteiger partial charge in [0.1, 0.15) is 11.6 Å². The van der Waals surface area contributed by atoms with E-state index in [4.69, 9.17) is 0 Å². The smallest absolute Gasteiger partial charge is 0.321 e. The molecule has 0 saturated carbocycles. The highest BCUT2D eigenvalue weighted by Gasteiger charge is 2.30. The van der Waals surface area contributed by atoms with Crippen LogP contribution in [0.3, 0.4) is 0 Å². The number of carbonyl (C=O) groups is 1. The number of alkyl halides is 3. The number of halogens is 3. The Morgan fingerprint density at radius 2 is 1.83 bits per heavy atom. The van der Waals surface area contributed by atoms with Crippen molar-refractivity contribution in [3.8, 4) is 11.8 Å². The first-order valence-electron chi connectivity index (χ1n) is 8.92. The molecule has 0 saturated heterocycles. The molecule has 0 unspecified atom stereocenters. The van der Waals surface area contributed by atoms with Crippen LogP contribution in [0.15, 0.2) is 60.2 Å². The Labute approximate surface area is 171 Å². The van der Waals surface area contributed by atoms with Crippen molar-refractivity contribution < 1.29 is 18.0 Å². The fourth-order valence-corrected chi connectivity index (χ4v) is 2.95. The Balaban J connectivity index is 1.91. The molecule has 3 rings (SSSR count). The third-order valence-electron chi connectivity index (χ3n) is 4.45. The number of amides is 1. The van der Waals surface area contributed by atoms with Crippen molar-refractivity contribution >= 4 is 17.7 Å². The van der Waals surface area contributed by atoms with E-state index >= 15 is 0 Å². The lowest BCUT2D eigenvalue weighted by Crippen LogP contribution is -2.14. The summed E-state index contributed by atoms with van der Waals surface area (Å²) in [4.78, 5) is 12.5. The van der Waals surface area contributed by atoms with Crippen LogP contribution in [0, 0.1) is 25.2 Å². The maximum atomic E-state index is 12.9. The van der Waals surface area contributed by atoms with Crippen LogP contribution in [0.2, 0.25) is 0 Å². The molecule has 0 fully saturated rings. The van der Waals surface area contributed by atoms with Gasteiger partial charge in [0, 0.05) is 16.9 Å². The summed E-state index contributed by atoms with van der Waals surface area (Å²) in [7, 11) is 0. The quantitative estimate of drug-likeness (QED) is 0.483. The van der Waals surface area contributed by atoms with Crippen LogP contribution in [-0.4, -0.2) is 15.7 Å². The molecule has 5 nitrogen and oxygen atoms in total. The average molecular weight is 410 g/mol. The van der Waals surface area contributed by atoms with Crippen molar-refractivity contribution in [3.05, 3.63) is 82.7 Å². The monoisotopic (exact) mass is 410 g/mol. The SMILES string of the molecule is Cc1nn(-c2ccccc2)c(C)c1/C=C(\C#N)C(=O)Nc1cccc(C(F)(F)F)c1. The van der Waals surface area contributed by atoms with Gasteiger partial charge in [0.05, 0.1) is 16.9 Å². The highest BCUT2D eigenvalue weighted by Crippen LogP contribution is 2.30. The lowest BCUT2D eigenvalue weighted by atomic mass is 10.1. The first kappa shape index (κ1) is 20.9. The van der Waals surface area contributed by atoms with Crippen LogP contribution in [-0.2, 0) is 11.0 Å². The van der Waals surface area contributed by atoms with Crippen molar-refractivity contribution in [1.82, 2.24) is 9.78 Å². The van der Waals surface area contributed by atoms with Gasteiger partial charge >= 0.3 is 6.18 Å². The number of benzene rings is 2. The number of anilines is 1. The molecular weight excluding hydrogens is 393 g/mol. The van der Waals surface area contributed by atoms with Crippen LogP contribution < -0.4 is 5.32 Å². The summed E-state index contributed by atoms with van der Waals surface area (Å²) in [6, 6.07) is 15.4. The van der Waals surface area contributed by atoms with E-state index < -0.39 is 17.6 Å². The van der Waals surface area contributed by atoms with Gasteiger partial charge in [-0.15, -0.1) is 0 Å². The predicted octanol–water partition coefficient (Wildman–Crippen LogP) is 5.05. The van der Waals surface area contributed by atoms with Gasteiger partial charge in [0.2, 0.25) is 0 Å². The molecule has 0 radical (unpaired) electrons. The highest BCUT2D eigenvalue weighted by atomic mass is 19.4. The molecule has 0 aliphatic carbocycles. The molecule has 0 bridgehead atoms. The number of hydrogen-bond donors (Lipinski definition) is 1. The third-order valence-corrected chi connectivity index (χ3v) is 4.45. The minimum absolute atomic E-state index is 0.0515. The van der Waals surface area contributed by atoms with Gasteiger partial charge in [-0.25, -0.2) is 4.68 Å². The number of para-hydroxylation sites is 1. The molecule has 8 heteroatoms. The van der Waals surface area contributed by atoms with Crippen LogP contribution in [0.5, 0.6) is 0 Å². The summed E-state index contributed by atoms with van der Waals surface area (Å²) < 4.78 is 40.3. The van der Waals surface area contributed by atoms with Crippen molar-refractivity contribution in [2.24, 2.45) is 0 Å². The summed E-state index contributed by atoms with van der Waals surface area (Å²) in [5.41, 5.74) is 1.56. The Morgan fingerprint density at radius 1 is 1.13 bits per heavy atom. The summed E-state index contributed by atoms with van der Waals surface area (Å²) in [5.74, 6) is -0.803. The molecule has 3 aromatic rings. The number of aromatic nitrogens is 2. The van der Waals surface area contributed by atoms with E-state index in [9.17, 15) is 23.2 Å². The van der Waals surface area contributed by atoms with E-state index in [0.717, 1.165) is 23.5 Å². The molecular formula is C22H17F3N4O. The molecule has 1 N–H and O–H groups in total. The van der Waals surface area contributed by atoms with Crippen molar-refractivity contribution in [2.45, 2.75) is 20.0 Å². The molecule has 152 valence electrons. The largest absolute Gasteiger partial charge is 0.416 e. The van der Waals surface area contributed by atoms with Gasteiger partial charge in [-0.2, -0.15) is 23.5 Å². The van der Waals surface area contributed by atoms with Gasteiger partial charge in [-0.3, -0.25) is 4.79 Å². The number of rotatable bonds is 4. The summed E-state index contributed by atoms with van der Waals surface area (Å²) >= 11 is 0. The topological polar surface area (TPSA) is 70.7 Å². The maximum absolute atomic E-state index is 12.9. The normalized spacial score (nSPS) is 11.8. The standard InChI is InChI=1S/C22H17F3N4O/c1-14-20(15(2)29(28-14)19-9-4-3-5-10-19)11-16(13-26)21(30)27-18-8-6-7-17(12-18)22(23,24)25/h3-12H,1-2H3,(H,27,30)/b16-11+. The Kier molecular flexibility index (Phi) is 5.74. The minimum Gasteiger partial charge on any atom is -0.321 e. The van der Waals surface area contributed by atoms with E-state index in [0.29, 0.717) is 11.3 Å². The van der Waals surface area contributed by atoms with Crippen LogP contribution in [0.1, 0.15) is 22.5 Å². The second-order valence-corrected chi connectivity index (χ2v) is 6.53. The number of nitrogens with one attached hydrogen (secondary N) is 1. The second-order valence-electron chi connectivity index (χ2n) is 6.53. The van der Waals surface area contributed by atoms with E-state index in [1.54, 1.807) is 18.5 Å². The molecule has 0 atom stereocenters. The lowest BCUT2D eigenvalue weighted by Gasteiger charge is -2.09. The first-order chi connectivity index (χ1) is 14.2. The molecule has 0 spiro atoms. The zero-order chi connectivity index (χ0) is 21.9. The minimum atomic E-state index is -4.53. The van der Waals surface area contributed by atoms with Crippen LogP contribution in [0.25, 0.3) is 11.8 Å². The number of carbonyl (C=O) groups excluding carboxylic acids is 1. The highest BCUT2D eigenvalue weighted by molar-refractivity contribution is 6.09. The molecule has 1 aromatic heterocycles. The number of hydrogen-bond acceptors (Lipinski definition) is 3. The molecule has 30 heavy (non-hydrogen) atoms. The summed E-state index contributed by atoms with van der Waals surface area (Å²) in [5, 5.41) is 16.2. The van der Waals surface area contributed by atoms with Crippen molar-refractivity contribution in [2.75, 3.05) is 5.32 Å². The van der Waals surface area contributed by atoms with E-state index in [1.165, 1.54) is 18.2 Å². The molecule has 2 aromatic carbocycles. The number of aryl methyl sites for hydroxylation is 1. The zero-order valence-electron chi connectivity index (χ0n) is 16.2.